The maximum Gasteiger partial charge on any atom is 0.261 e. The van der Waals surface area contributed by atoms with Gasteiger partial charge in [-0.05, 0) is 49.9 Å². The first-order valence-electron chi connectivity index (χ1n) is 10.1. The number of aliphatic hydroxyl groups excluding tert-OH is 1. The van der Waals surface area contributed by atoms with E-state index in [1.807, 2.05) is 0 Å². The van der Waals surface area contributed by atoms with Gasteiger partial charge < -0.3 is 15.4 Å². The van der Waals surface area contributed by atoms with E-state index in [-0.39, 0.29) is 16.5 Å². The summed E-state index contributed by atoms with van der Waals surface area (Å²) in [7, 11) is -3.56. The number of hydrogen-bond acceptors (Lipinski definition) is 7. The number of nitriles is 1. The van der Waals surface area contributed by atoms with Gasteiger partial charge >= 0.3 is 0 Å². The molecule has 10 heteroatoms. The first-order chi connectivity index (χ1) is 14.8. The third-order valence-corrected chi connectivity index (χ3v) is 8.46. The number of anilines is 2. The lowest BCUT2D eigenvalue weighted by molar-refractivity contribution is 0.179. The summed E-state index contributed by atoms with van der Waals surface area (Å²) >= 11 is 0. The van der Waals surface area contributed by atoms with E-state index in [4.69, 9.17) is 0 Å². The molecule has 1 aromatic carbocycles. The number of nitrogens with zero attached hydrogens (tertiary/aromatic N) is 3. The molecule has 2 aliphatic rings. The van der Waals surface area contributed by atoms with Gasteiger partial charge in [0, 0.05) is 17.4 Å². The molecule has 0 spiro atoms. The summed E-state index contributed by atoms with van der Waals surface area (Å²) in [6, 6.07) is 8.51. The molecule has 3 N–H and O–H groups in total. The number of fused-ring (bicyclic) bond motifs is 2. The van der Waals surface area contributed by atoms with Crippen LogP contribution in [0.2, 0.25) is 0 Å². The lowest BCUT2D eigenvalue weighted by Gasteiger charge is -2.14. The molecular weight excluding hydrogens is 418 g/mol. The number of aromatic nitrogens is 3. The van der Waals surface area contributed by atoms with Crippen molar-refractivity contribution in [3.8, 4) is 6.07 Å². The molecule has 1 aliphatic carbocycles. The topological polar surface area (TPSA) is 141 Å². The van der Waals surface area contributed by atoms with Crippen molar-refractivity contribution in [1.29, 1.82) is 5.26 Å². The molecule has 0 amide bonds. The normalized spacial score (nSPS) is 22.7. The molecule has 3 aromatic rings. The van der Waals surface area contributed by atoms with Crippen LogP contribution in [0.15, 0.2) is 40.2 Å². The zero-order valence-corrected chi connectivity index (χ0v) is 17.6. The first kappa shape index (κ1) is 19.8. The second kappa shape index (κ2) is 6.93. The molecule has 31 heavy (non-hydrogen) atoms. The SMILES string of the molecule is C[C@@H]1[C@H](O)c2cc(Nc3nn(C(CC#N)C4CC4)c4cc[nH]c(=O)c34)ccc2S1(=O)=O. The molecule has 2 aromatic heterocycles. The Morgan fingerprint density at radius 3 is 2.87 bits per heavy atom. The number of sulfone groups is 1. The minimum Gasteiger partial charge on any atom is -0.387 e. The van der Waals surface area contributed by atoms with Crippen molar-refractivity contribution in [3.63, 3.8) is 0 Å². The maximum atomic E-state index is 12.6. The third-order valence-electron chi connectivity index (χ3n) is 6.24. The number of rotatable bonds is 5. The molecule has 0 radical (unpaired) electrons. The van der Waals surface area contributed by atoms with E-state index in [0.29, 0.717) is 40.3 Å². The Morgan fingerprint density at radius 2 is 2.16 bits per heavy atom. The molecule has 3 atom stereocenters. The van der Waals surface area contributed by atoms with Gasteiger partial charge in [0.2, 0.25) is 0 Å². The fraction of sp³-hybridized carbons (Fsp3) is 0.381. The van der Waals surface area contributed by atoms with Crippen LogP contribution in [0, 0.1) is 17.2 Å². The predicted octanol–water partition coefficient (Wildman–Crippen LogP) is 2.54. The average Bonchev–Trinajstić information content (AvgIpc) is 3.50. The maximum absolute atomic E-state index is 12.6. The minimum absolute atomic E-state index is 0.113. The molecule has 0 saturated heterocycles. The van der Waals surface area contributed by atoms with Gasteiger partial charge in [-0.1, -0.05) is 0 Å². The summed E-state index contributed by atoms with van der Waals surface area (Å²) in [6.45, 7) is 1.48. The molecule has 3 heterocycles. The Bertz CT molecular complexity index is 1400. The quantitative estimate of drug-likeness (QED) is 0.555. The Morgan fingerprint density at radius 1 is 1.39 bits per heavy atom. The van der Waals surface area contributed by atoms with Gasteiger partial charge in [-0.15, -0.1) is 0 Å². The zero-order chi connectivity index (χ0) is 21.9. The Balaban J connectivity index is 1.60. The largest absolute Gasteiger partial charge is 0.387 e. The molecule has 0 bridgehead atoms. The highest BCUT2D eigenvalue weighted by molar-refractivity contribution is 7.92. The van der Waals surface area contributed by atoms with Crippen molar-refractivity contribution in [2.75, 3.05) is 5.32 Å². The van der Waals surface area contributed by atoms with Crippen LogP contribution in [0.5, 0.6) is 0 Å². The third kappa shape index (κ3) is 3.04. The Hall–Kier alpha value is -3.16. The van der Waals surface area contributed by atoms with Gasteiger partial charge in [-0.3, -0.25) is 9.48 Å². The molecule has 1 fully saturated rings. The first-order valence-corrected chi connectivity index (χ1v) is 11.7. The molecule has 5 rings (SSSR count). The highest BCUT2D eigenvalue weighted by Crippen LogP contribution is 2.43. The summed E-state index contributed by atoms with van der Waals surface area (Å²) in [5.41, 5.74) is 1.17. The van der Waals surface area contributed by atoms with Crippen LogP contribution < -0.4 is 10.9 Å². The van der Waals surface area contributed by atoms with Gasteiger partial charge in [-0.2, -0.15) is 10.4 Å². The Kier molecular flexibility index (Phi) is 4.42. The van der Waals surface area contributed by atoms with Crippen molar-refractivity contribution in [3.05, 3.63) is 46.4 Å². The standard InChI is InChI=1S/C21H21N5O4S/c1-11-19(27)14-10-13(4-5-17(14)31(11,29)30)24-20-18-16(7-9-23-21(18)28)26(25-20)15(6-8-22)12-2-3-12/h4-5,7,9-12,15,19,27H,2-3,6H2,1H3,(H,23,28)(H,24,25)/t11-,15?,19+/m1/s1. The monoisotopic (exact) mass is 439 g/mol. The van der Waals surface area contributed by atoms with Gasteiger partial charge in [0.05, 0.1) is 40.3 Å². The van der Waals surface area contributed by atoms with Gasteiger partial charge in [0.15, 0.2) is 15.7 Å². The van der Waals surface area contributed by atoms with Gasteiger partial charge in [0.1, 0.15) is 5.39 Å². The predicted molar refractivity (Wildman–Crippen MR) is 114 cm³/mol. The van der Waals surface area contributed by atoms with Crippen molar-refractivity contribution >= 4 is 32.2 Å². The van der Waals surface area contributed by atoms with Crippen molar-refractivity contribution < 1.29 is 13.5 Å². The van der Waals surface area contributed by atoms with E-state index in [1.54, 1.807) is 29.1 Å². The number of benzene rings is 1. The second-order valence-electron chi connectivity index (χ2n) is 8.20. The van der Waals surface area contributed by atoms with Crippen LogP contribution >= 0.6 is 0 Å². The van der Waals surface area contributed by atoms with E-state index in [1.165, 1.54) is 13.0 Å². The summed E-state index contributed by atoms with van der Waals surface area (Å²) < 4.78 is 26.6. The van der Waals surface area contributed by atoms with E-state index in [2.05, 4.69) is 21.5 Å². The van der Waals surface area contributed by atoms with Crippen molar-refractivity contribution in [1.82, 2.24) is 14.8 Å². The second-order valence-corrected chi connectivity index (χ2v) is 10.5. The Labute approximate surface area is 178 Å². The van der Waals surface area contributed by atoms with Crippen LogP contribution in [0.3, 0.4) is 0 Å². The number of pyridine rings is 1. The fourth-order valence-electron chi connectivity index (χ4n) is 4.34. The van der Waals surface area contributed by atoms with E-state index >= 15 is 0 Å². The lowest BCUT2D eigenvalue weighted by atomic mass is 10.1. The van der Waals surface area contributed by atoms with Gasteiger partial charge in [0.25, 0.3) is 5.56 Å². The molecule has 9 nitrogen and oxygen atoms in total. The summed E-state index contributed by atoms with van der Waals surface area (Å²) in [5, 5.41) is 26.9. The highest BCUT2D eigenvalue weighted by atomic mass is 32.2. The van der Waals surface area contributed by atoms with Crippen LogP contribution in [0.4, 0.5) is 11.5 Å². The smallest absolute Gasteiger partial charge is 0.261 e. The summed E-state index contributed by atoms with van der Waals surface area (Å²) in [6.07, 6.45) is 2.79. The summed E-state index contributed by atoms with van der Waals surface area (Å²) in [5.74, 6) is 0.681. The molecule has 1 saturated carbocycles. The van der Waals surface area contributed by atoms with Gasteiger partial charge in [-0.25, -0.2) is 8.42 Å². The van der Waals surface area contributed by atoms with Crippen LogP contribution in [0.1, 0.15) is 43.9 Å². The van der Waals surface area contributed by atoms with Crippen LogP contribution in [-0.4, -0.2) is 33.5 Å². The fourth-order valence-corrected chi connectivity index (χ4v) is 6.00. The number of hydrogen-bond donors (Lipinski definition) is 3. The number of aliphatic hydroxyl groups is 1. The zero-order valence-electron chi connectivity index (χ0n) is 16.7. The number of H-pyrrole nitrogens is 1. The lowest BCUT2D eigenvalue weighted by Crippen LogP contribution is -2.16. The molecule has 1 aliphatic heterocycles. The summed E-state index contributed by atoms with van der Waals surface area (Å²) in [4.78, 5) is 15.4. The molecular formula is C21H21N5O4S. The minimum atomic E-state index is -3.56. The van der Waals surface area contributed by atoms with Crippen molar-refractivity contribution in [2.45, 2.75) is 48.5 Å². The number of nitrogens with one attached hydrogen (secondary N) is 2. The van der Waals surface area contributed by atoms with E-state index in [0.717, 1.165) is 12.8 Å². The molecule has 1 unspecified atom stereocenters. The van der Waals surface area contributed by atoms with E-state index < -0.39 is 21.2 Å². The number of aromatic amines is 1. The highest BCUT2D eigenvalue weighted by Gasteiger charge is 2.41. The molecule has 160 valence electrons. The average molecular weight is 439 g/mol. The van der Waals surface area contributed by atoms with Crippen LogP contribution in [0.25, 0.3) is 10.9 Å². The van der Waals surface area contributed by atoms with E-state index in [9.17, 15) is 23.6 Å². The van der Waals surface area contributed by atoms with Crippen LogP contribution in [-0.2, 0) is 9.84 Å². The van der Waals surface area contributed by atoms with Crippen molar-refractivity contribution in [2.24, 2.45) is 5.92 Å².